The van der Waals surface area contributed by atoms with Crippen LogP contribution in [-0.4, -0.2) is 12.9 Å². The van der Waals surface area contributed by atoms with Gasteiger partial charge in [-0.15, -0.1) is 0 Å². The molecule has 0 spiro atoms. The summed E-state index contributed by atoms with van der Waals surface area (Å²) >= 11 is 0. The minimum atomic E-state index is -0.181. The number of ether oxygens (including phenoxy) is 2. The number of hydrogen-bond donors (Lipinski definition) is 0. The summed E-state index contributed by atoms with van der Waals surface area (Å²) in [6, 6.07) is 10.1. The standard InChI is InChI=1S/C14H20O2/c1-4-10-15-13(3)16-12(2)11-14-8-6-5-7-9-14/h5-9,11,13H,4,10H2,1-3H3. The molecule has 0 aromatic heterocycles. The van der Waals surface area contributed by atoms with Crippen LogP contribution < -0.4 is 0 Å². The molecule has 0 heterocycles. The highest BCUT2D eigenvalue weighted by Crippen LogP contribution is 2.09. The maximum atomic E-state index is 5.60. The molecular formula is C14H20O2. The van der Waals surface area contributed by atoms with Gasteiger partial charge in [0, 0.05) is 0 Å². The van der Waals surface area contributed by atoms with E-state index in [1.807, 2.05) is 50.3 Å². The first-order chi connectivity index (χ1) is 7.72. The van der Waals surface area contributed by atoms with Gasteiger partial charge in [0.05, 0.1) is 12.4 Å². The van der Waals surface area contributed by atoms with Crippen LogP contribution in [0.5, 0.6) is 0 Å². The summed E-state index contributed by atoms with van der Waals surface area (Å²) < 4.78 is 11.0. The second kappa shape index (κ2) is 7.07. The van der Waals surface area contributed by atoms with Crippen LogP contribution in [0.4, 0.5) is 0 Å². The maximum absolute atomic E-state index is 5.60. The molecule has 0 aliphatic heterocycles. The summed E-state index contributed by atoms with van der Waals surface area (Å²) in [4.78, 5) is 0. The van der Waals surface area contributed by atoms with Gasteiger partial charge in [0.2, 0.25) is 0 Å². The predicted octanol–water partition coefficient (Wildman–Crippen LogP) is 3.84. The van der Waals surface area contributed by atoms with Gasteiger partial charge in [0.1, 0.15) is 0 Å². The third-order valence-electron chi connectivity index (χ3n) is 2.08. The summed E-state index contributed by atoms with van der Waals surface area (Å²) in [5.74, 6) is 0.870. The van der Waals surface area contributed by atoms with E-state index >= 15 is 0 Å². The molecule has 1 aromatic rings. The zero-order valence-electron chi connectivity index (χ0n) is 10.3. The van der Waals surface area contributed by atoms with E-state index in [0.717, 1.165) is 24.4 Å². The fourth-order valence-electron chi connectivity index (χ4n) is 1.40. The quantitative estimate of drug-likeness (QED) is 0.535. The summed E-state index contributed by atoms with van der Waals surface area (Å²) in [5.41, 5.74) is 1.14. The minimum absolute atomic E-state index is 0.181. The molecule has 0 aliphatic carbocycles. The van der Waals surface area contributed by atoms with Crippen molar-refractivity contribution in [2.24, 2.45) is 0 Å². The third kappa shape index (κ3) is 4.99. The Morgan fingerprint density at radius 3 is 2.62 bits per heavy atom. The van der Waals surface area contributed by atoms with Crippen molar-refractivity contribution >= 4 is 6.08 Å². The SMILES string of the molecule is CCCOC(C)OC(C)=Cc1ccccc1. The molecule has 2 nitrogen and oxygen atoms in total. The monoisotopic (exact) mass is 220 g/mol. The lowest BCUT2D eigenvalue weighted by molar-refractivity contribution is -0.102. The molecule has 0 saturated carbocycles. The van der Waals surface area contributed by atoms with Crippen LogP contribution in [0.3, 0.4) is 0 Å². The molecule has 0 bridgehead atoms. The van der Waals surface area contributed by atoms with Gasteiger partial charge in [-0.1, -0.05) is 37.3 Å². The van der Waals surface area contributed by atoms with Crippen LogP contribution in [0.2, 0.25) is 0 Å². The summed E-state index contributed by atoms with van der Waals surface area (Å²) in [5, 5.41) is 0. The van der Waals surface area contributed by atoms with Gasteiger partial charge in [-0.05, 0) is 31.9 Å². The fraction of sp³-hybridized carbons (Fsp3) is 0.429. The second-order valence-corrected chi connectivity index (χ2v) is 3.72. The van der Waals surface area contributed by atoms with Gasteiger partial charge in [0.25, 0.3) is 0 Å². The van der Waals surface area contributed by atoms with Crippen molar-refractivity contribution in [3.8, 4) is 0 Å². The summed E-state index contributed by atoms with van der Waals surface area (Å²) in [6.45, 7) is 6.68. The van der Waals surface area contributed by atoms with Gasteiger partial charge in [-0.2, -0.15) is 0 Å². The molecular weight excluding hydrogens is 200 g/mol. The molecule has 2 heteroatoms. The Hall–Kier alpha value is -1.28. The van der Waals surface area contributed by atoms with E-state index in [0.29, 0.717) is 0 Å². The maximum Gasteiger partial charge on any atom is 0.196 e. The number of rotatable bonds is 6. The lowest BCUT2D eigenvalue weighted by Crippen LogP contribution is -2.12. The summed E-state index contributed by atoms with van der Waals surface area (Å²) in [6.07, 6.45) is 2.83. The Morgan fingerprint density at radius 1 is 1.31 bits per heavy atom. The van der Waals surface area contributed by atoms with Gasteiger partial charge < -0.3 is 9.47 Å². The van der Waals surface area contributed by atoms with Gasteiger partial charge >= 0.3 is 0 Å². The Kier molecular flexibility index (Phi) is 5.65. The number of hydrogen-bond acceptors (Lipinski definition) is 2. The van der Waals surface area contributed by atoms with Crippen molar-refractivity contribution in [2.75, 3.05) is 6.61 Å². The Labute approximate surface area is 97.9 Å². The lowest BCUT2D eigenvalue weighted by Gasteiger charge is -2.15. The normalized spacial score (nSPS) is 13.6. The fourth-order valence-corrected chi connectivity index (χ4v) is 1.40. The Morgan fingerprint density at radius 2 is 2.00 bits per heavy atom. The van der Waals surface area contributed by atoms with Crippen LogP contribution in [0.25, 0.3) is 6.08 Å². The van der Waals surface area contributed by atoms with Crippen molar-refractivity contribution in [2.45, 2.75) is 33.5 Å². The van der Waals surface area contributed by atoms with Crippen molar-refractivity contribution in [3.63, 3.8) is 0 Å². The second-order valence-electron chi connectivity index (χ2n) is 3.72. The van der Waals surface area contributed by atoms with E-state index in [1.165, 1.54) is 0 Å². The number of benzene rings is 1. The lowest BCUT2D eigenvalue weighted by atomic mass is 10.2. The van der Waals surface area contributed by atoms with E-state index in [2.05, 4.69) is 6.92 Å². The highest BCUT2D eigenvalue weighted by atomic mass is 16.7. The molecule has 16 heavy (non-hydrogen) atoms. The molecule has 88 valence electrons. The van der Waals surface area contributed by atoms with E-state index in [1.54, 1.807) is 0 Å². The van der Waals surface area contributed by atoms with E-state index < -0.39 is 0 Å². The Bertz CT molecular complexity index is 317. The highest BCUT2D eigenvalue weighted by molar-refractivity contribution is 5.50. The van der Waals surface area contributed by atoms with Gasteiger partial charge in [-0.25, -0.2) is 0 Å². The van der Waals surface area contributed by atoms with Crippen LogP contribution >= 0.6 is 0 Å². The number of allylic oxidation sites excluding steroid dienone is 1. The highest BCUT2D eigenvalue weighted by Gasteiger charge is 2.01. The average molecular weight is 220 g/mol. The zero-order chi connectivity index (χ0) is 11.8. The van der Waals surface area contributed by atoms with Gasteiger partial charge in [0.15, 0.2) is 6.29 Å². The molecule has 1 aromatic carbocycles. The first-order valence-corrected chi connectivity index (χ1v) is 5.74. The molecule has 1 unspecified atom stereocenters. The molecule has 0 aliphatic rings. The van der Waals surface area contributed by atoms with Crippen LogP contribution in [0, 0.1) is 0 Å². The first kappa shape index (κ1) is 12.8. The molecule has 0 amide bonds. The van der Waals surface area contributed by atoms with Crippen molar-refractivity contribution in [1.82, 2.24) is 0 Å². The van der Waals surface area contributed by atoms with Crippen LogP contribution in [0.1, 0.15) is 32.8 Å². The largest absolute Gasteiger partial charge is 0.470 e. The average Bonchev–Trinajstić information content (AvgIpc) is 2.27. The first-order valence-electron chi connectivity index (χ1n) is 5.74. The van der Waals surface area contributed by atoms with E-state index in [9.17, 15) is 0 Å². The summed E-state index contributed by atoms with van der Waals surface area (Å²) in [7, 11) is 0. The molecule has 1 rings (SSSR count). The van der Waals surface area contributed by atoms with Crippen molar-refractivity contribution in [1.29, 1.82) is 0 Å². The van der Waals surface area contributed by atoms with Crippen molar-refractivity contribution in [3.05, 3.63) is 41.7 Å². The van der Waals surface area contributed by atoms with Crippen LogP contribution in [0.15, 0.2) is 36.1 Å². The Balaban J connectivity index is 2.45. The molecule has 0 radical (unpaired) electrons. The van der Waals surface area contributed by atoms with E-state index in [4.69, 9.17) is 9.47 Å². The topological polar surface area (TPSA) is 18.5 Å². The molecule has 0 fully saturated rings. The third-order valence-corrected chi connectivity index (χ3v) is 2.08. The molecule has 0 saturated heterocycles. The van der Waals surface area contributed by atoms with Crippen LogP contribution in [-0.2, 0) is 9.47 Å². The van der Waals surface area contributed by atoms with Gasteiger partial charge in [-0.3, -0.25) is 0 Å². The predicted molar refractivity (Wildman–Crippen MR) is 66.9 cm³/mol. The molecule has 0 N–H and O–H groups in total. The minimum Gasteiger partial charge on any atom is -0.470 e. The smallest absolute Gasteiger partial charge is 0.196 e. The molecule has 1 atom stereocenters. The van der Waals surface area contributed by atoms with Crippen molar-refractivity contribution < 1.29 is 9.47 Å². The van der Waals surface area contributed by atoms with E-state index in [-0.39, 0.29) is 6.29 Å². The zero-order valence-corrected chi connectivity index (χ0v) is 10.3.